The molecule has 0 fully saturated rings. The number of methoxy groups -OCH3 is 1. The normalized spacial score (nSPS) is 11.4. The van der Waals surface area contributed by atoms with E-state index in [1.807, 2.05) is 19.1 Å². The molecule has 6 nitrogen and oxygen atoms in total. The van der Waals surface area contributed by atoms with Crippen LogP contribution in [-0.4, -0.2) is 32.8 Å². The molecular weight excluding hydrogens is 480 g/mol. The third-order valence-electron chi connectivity index (χ3n) is 4.75. The van der Waals surface area contributed by atoms with E-state index in [9.17, 15) is 13.2 Å². The summed E-state index contributed by atoms with van der Waals surface area (Å²) in [5.74, 6) is 0.205. The highest BCUT2D eigenvalue weighted by Gasteiger charge is 2.22. The van der Waals surface area contributed by atoms with Gasteiger partial charge < -0.3 is 10.1 Å². The minimum Gasteiger partial charge on any atom is -0.496 e. The third kappa shape index (κ3) is 5.52. The van der Waals surface area contributed by atoms with E-state index in [1.165, 1.54) is 18.5 Å². The van der Waals surface area contributed by atoms with Crippen LogP contribution in [0.5, 0.6) is 5.75 Å². The Kier molecular flexibility index (Phi) is 7.15. The molecule has 0 unspecified atom stereocenters. The minimum absolute atomic E-state index is 0.0530. The van der Waals surface area contributed by atoms with Gasteiger partial charge in [-0.1, -0.05) is 39.7 Å². The molecule has 0 aliphatic rings. The van der Waals surface area contributed by atoms with Crippen LogP contribution in [0.1, 0.15) is 21.5 Å². The first-order chi connectivity index (χ1) is 14.7. The van der Waals surface area contributed by atoms with E-state index in [0.717, 1.165) is 10.0 Å². The van der Waals surface area contributed by atoms with Gasteiger partial charge in [0, 0.05) is 34.9 Å². The van der Waals surface area contributed by atoms with E-state index in [2.05, 4.69) is 21.2 Å². The fourth-order valence-corrected chi connectivity index (χ4v) is 4.58. The predicted octanol–water partition coefficient (Wildman–Crippen LogP) is 4.84. The number of carbonyl (C=O) groups excluding carboxylic acids is 1. The average molecular weight is 503 g/mol. The summed E-state index contributed by atoms with van der Waals surface area (Å²) in [5.41, 5.74) is 2.61. The second kappa shape index (κ2) is 9.64. The predicted molar refractivity (Wildman–Crippen MR) is 125 cm³/mol. The molecular formula is C23H23BrN2O4S. The summed E-state index contributed by atoms with van der Waals surface area (Å²) in [6, 6.07) is 18.9. The van der Waals surface area contributed by atoms with E-state index >= 15 is 0 Å². The number of halogens is 1. The molecule has 0 atom stereocenters. The number of amides is 1. The van der Waals surface area contributed by atoms with Crippen molar-refractivity contribution < 1.29 is 17.9 Å². The van der Waals surface area contributed by atoms with E-state index in [0.29, 0.717) is 22.6 Å². The molecule has 0 heterocycles. The van der Waals surface area contributed by atoms with Crippen LogP contribution in [0.4, 0.5) is 5.69 Å². The number of benzene rings is 3. The van der Waals surface area contributed by atoms with Crippen LogP contribution in [0, 0.1) is 6.92 Å². The zero-order valence-corrected chi connectivity index (χ0v) is 19.8. The Hall–Kier alpha value is -2.68. The Balaban J connectivity index is 1.85. The average Bonchev–Trinajstić information content (AvgIpc) is 2.74. The largest absolute Gasteiger partial charge is 0.496 e. The van der Waals surface area contributed by atoms with Crippen molar-refractivity contribution in [1.29, 1.82) is 0 Å². The first-order valence-corrected chi connectivity index (χ1v) is 11.7. The first-order valence-electron chi connectivity index (χ1n) is 9.47. The maximum absolute atomic E-state index is 12.9. The van der Waals surface area contributed by atoms with Gasteiger partial charge in [0.05, 0.1) is 12.0 Å². The molecule has 0 aliphatic heterocycles. The van der Waals surface area contributed by atoms with E-state index in [4.69, 9.17) is 4.74 Å². The first kappa shape index (κ1) is 23.0. The van der Waals surface area contributed by atoms with Crippen LogP contribution in [0.3, 0.4) is 0 Å². The molecule has 3 aromatic rings. The number of rotatable bonds is 7. The Morgan fingerprint density at radius 1 is 1.06 bits per heavy atom. The molecule has 0 saturated heterocycles. The Morgan fingerprint density at radius 3 is 2.42 bits per heavy atom. The lowest BCUT2D eigenvalue weighted by molar-refractivity contribution is 0.102. The van der Waals surface area contributed by atoms with Gasteiger partial charge in [0.1, 0.15) is 5.75 Å². The van der Waals surface area contributed by atoms with Gasteiger partial charge in [0.2, 0.25) is 10.0 Å². The van der Waals surface area contributed by atoms with Crippen LogP contribution in [0.15, 0.2) is 76.1 Å². The number of hydrogen-bond donors (Lipinski definition) is 1. The van der Waals surface area contributed by atoms with Gasteiger partial charge in [-0.25, -0.2) is 8.42 Å². The lowest BCUT2D eigenvalue weighted by atomic mass is 10.1. The molecule has 0 bridgehead atoms. The molecule has 31 heavy (non-hydrogen) atoms. The standard InChI is InChI=1S/C23H23BrN2O4S/c1-16-7-10-21(11-8-16)31(28,29)26(2)15-18-13-17(9-12-22(18)30-3)23(27)25-20-6-4-5-19(24)14-20/h4-14H,15H2,1-3H3,(H,25,27). The summed E-state index contributed by atoms with van der Waals surface area (Å²) >= 11 is 3.38. The summed E-state index contributed by atoms with van der Waals surface area (Å²) < 4.78 is 33.4. The number of nitrogens with one attached hydrogen (secondary N) is 1. The van der Waals surface area contributed by atoms with Gasteiger partial charge >= 0.3 is 0 Å². The highest BCUT2D eigenvalue weighted by molar-refractivity contribution is 9.10. The van der Waals surface area contributed by atoms with Crippen LogP contribution in [-0.2, 0) is 16.6 Å². The molecule has 3 aromatic carbocycles. The lowest BCUT2D eigenvalue weighted by Crippen LogP contribution is -2.27. The summed E-state index contributed by atoms with van der Waals surface area (Å²) in [6.45, 7) is 1.95. The monoisotopic (exact) mass is 502 g/mol. The highest BCUT2D eigenvalue weighted by atomic mass is 79.9. The van der Waals surface area contributed by atoms with Crippen LogP contribution >= 0.6 is 15.9 Å². The molecule has 0 radical (unpaired) electrons. The van der Waals surface area contributed by atoms with E-state index in [-0.39, 0.29) is 17.3 Å². The van der Waals surface area contributed by atoms with E-state index < -0.39 is 10.0 Å². The summed E-state index contributed by atoms with van der Waals surface area (Å²) in [5, 5.41) is 2.84. The van der Waals surface area contributed by atoms with Gasteiger partial charge in [-0.3, -0.25) is 4.79 Å². The number of aryl methyl sites for hydroxylation is 1. The molecule has 0 aromatic heterocycles. The Morgan fingerprint density at radius 2 is 1.77 bits per heavy atom. The van der Waals surface area contributed by atoms with Gasteiger partial charge in [-0.2, -0.15) is 4.31 Å². The Labute approximate surface area is 191 Å². The molecule has 1 amide bonds. The van der Waals surface area contributed by atoms with Crippen LogP contribution in [0.25, 0.3) is 0 Å². The van der Waals surface area contributed by atoms with Gasteiger partial charge in [0.25, 0.3) is 5.91 Å². The maximum Gasteiger partial charge on any atom is 0.255 e. The quantitative estimate of drug-likeness (QED) is 0.501. The number of anilines is 1. The summed E-state index contributed by atoms with van der Waals surface area (Å²) in [6.07, 6.45) is 0. The molecule has 0 spiro atoms. The fraction of sp³-hybridized carbons (Fsp3) is 0.174. The van der Waals surface area contributed by atoms with Gasteiger partial charge in [-0.05, 0) is 55.5 Å². The number of hydrogen-bond acceptors (Lipinski definition) is 4. The molecule has 3 rings (SSSR count). The number of carbonyl (C=O) groups is 1. The van der Waals surface area contributed by atoms with Crippen molar-refractivity contribution in [3.63, 3.8) is 0 Å². The molecule has 162 valence electrons. The third-order valence-corrected chi connectivity index (χ3v) is 7.06. The maximum atomic E-state index is 12.9. The van der Waals surface area contributed by atoms with Crippen molar-refractivity contribution in [2.75, 3.05) is 19.5 Å². The second-order valence-electron chi connectivity index (χ2n) is 7.07. The van der Waals surface area contributed by atoms with Crippen LogP contribution < -0.4 is 10.1 Å². The molecule has 8 heteroatoms. The van der Waals surface area contributed by atoms with Crippen molar-refractivity contribution in [2.24, 2.45) is 0 Å². The van der Waals surface area contributed by atoms with Crippen LogP contribution in [0.2, 0.25) is 0 Å². The van der Waals surface area contributed by atoms with Gasteiger partial charge in [-0.15, -0.1) is 0 Å². The Bertz CT molecular complexity index is 1190. The highest BCUT2D eigenvalue weighted by Crippen LogP contribution is 2.25. The zero-order chi connectivity index (χ0) is 22.6. The molecule has 1 N–H and O–H groups in total. The van der Waals surface area contributed by atoms with Crippen molar-refractivity contribution in [2.45, 2.75) is 18.4 Å². The topological polar surface area (TPSA) is 75.7 Å². The van der Waals surface area contributed by atoms with Crippen molar-refractivity contribution >= 4 is 37.5 Å². The molecule has 0 saturated carbocycles. The number of sulfonamides is 1. The fourth-order valence-electron chi connectivity index (χ4n) is 3.03. The van der Waals surface area contributed by atoms with Crippen molar-refractivity contribution in [1.82, 2.24) is 4.31 Å². The second-order valence-corrected chi connectivity index (χ2v) is 10.0. The zero-order valence-electron chi connectivity index (χ0n) is 17.4. The van der Waals surface area contributed by atoms with Crippen molar-refractivity contribution in [3.05, 3.63) is 87.9 Å². The molecule has 0 aliphatic carbocycles. The summed E-state index contributed by atoms with van der Waals surface area (Å²) in [4.78, 5) is 12.9. The van der Waals surface area contributed by atoms with Gasteiger partial charge in [0.15, 0.2) is 0 Å². The smallest absolute Gasteiger partial charge is 0.255 e. The number of ether oxygens (including phenoxy) is 1. The summed E-state index contributed by atoms with van der Waals surface area (Å²) in [7, 11) is -0.682. The minimum atomic E-state index is -3.69. The van der Waals surface area contributed by atoms with Crippen molar-refractivity contribution in [3.8, 4) is 5.75 Å². The van der Waals surface area contributed by atoms with E-state index in [1.54, 1.807) is 54.6 Å². The lowest BCUT2D eigenvalue weighted by Gasteiger charge is -2.19. The SMILES string of the molecule is COc1ccc(C(=O)Nc2cccc(Br)c2)cc1CN(C)S(=O)(=O)c1ccc(C)cc1. The number of nitrogens with zero attached hydrogens (tertiary/aromatic N) is 1.